The number of hydrogen-bond acceptors (Lipinski definition) is 3. The molecular weight excluding hydrogens is 144 g/mol. The van der Waals surface area contributed by atoms with Crippen molar-refractivity contribution in [2.24, 2.45) is 11.1 Å². The monoisotopic (exact) mass is 158 g/mol. The first-order valence-corrected chi connectivity index (χ1v) is 4.23. The van der Waals surface area contributed by atoms with Crippen LogP contribution in [0.25, 0.3) is 0 Å². The summed E-state index contributed by atoms with van der Waals surface area (Å²) in [5, 5.41) is 1.99. The zero-order valence-electron chi connectivity index (χ0n) is 6.64. The van der Waals surface area contributed by atoms with Gasteiger partial charge in [-0.3, -0.25) is 0 Å². The highest BCUT2D eigenvalue weighted by atomic mass is 32.2. The van der Waals surface area contributed by atoms with Crippen molar-refractivity contribution < 1.29 is 0 Å². The molecule has 0 bridgehead atoms. The van der Waals surface area contributed by atoms with E-state index in [0.717, 1.165) is 0 Å². The summed E-state index contributed by atoms with van der Waals surface area (Å²) in [4.78, 5) is 0. The fourth-order valence-electron chi connectivity index (χ4n) is 0.710. The molecule has 0 aromatic carbocycles. The SMILES string of the molecule is CC(C)(C)C1(N)C=CSN1. The van der Waals surface area contributed by atoms with Crippen LogP contribution in [-0.2, 0) is 0 Å². The topological polar surface area (TPSA) is 38.0 Å². The molecule has 0 saturated heterocycles. The van der Waals surface area contributed by atoms with Gasteiger partial charge in [-0.25, -0.2) is 4.72 Å². The van der Waals surface area contributed by atoms with Gasteiger partial charge in [0.15, 0.2) is 0 Å². The van der Waals surface area contributed by atoms with E-state index in [9.17, 15) is 0 Å². The summed E-state index contributed by atoms with van der Waals surface area (Å²) in [6.45, 7) is 6.36. The molecule has 0 fully saturated rings. The van der Waals surface area contributed by atoms with Crippen LogP contribution in [0.1, 0.15) is 20.8 Å². The maximum Gasteiger partial charge on any atom is 0.100 e. The van der Waals surface area contributed by atoms with E-state index in [1.807, 2.05) is 11.5 Å². The number of rotatable bonds is 0. The third-order valence-electron chi connectivity index (χ3n) is 1.87. The van der Waals surface area contributed by atoms with E-state index < -0.39 is 0 Å². The molecule has 10 heavy (non-hydrogen) atoms. The molecular formula is C7H14N2S. The lowest BCUT2D eigenvalue weighted by Crippen LogP contribution is -2.56. The minimum atomic E-state index is -0.336. The minimum absolute atomic E-state index is 0.0764. The molecule has 0 aromatic rings. The lowest BCUT2D eigenvalue weighted by atomic mass is 9.82. The normalized spacial score (nSPS) is 33.2. The summed E-state index contributed by atoms with van der Waals surface area (Å²) in [6, 6.07) is 0. The zero-order chi connectivity index (χ0) is 7.83. The molecule has 0 amide bonds. The Hall–Kier alpha value is 0.01000. The highest BCUT2D eigenvalue weighted by molar-refractivity contribution is 8.00. The molecule has 0 aliphatic carbocycles. The fourth-order valence-corrected chi connectivity index (χ4v) is 1.63. The van der Waals surface area contributed by atoms with Crippen LogP contribution in [0.15, 0.2) is 11.5 Å². The Balaban J connectivity index is 2.78. The smallest absolute Gasteiger partial charge is 0.100 e. The van der Waals surface area contributed by atoms with E-state index in [2.05, 4.69) is 25.5 Å². The van der Waals surface area contributed by atoms with E-state index in [4.69, 9.17) is 5.73 Å². The van der Waals surface area contributed by atoms with Crippen LogP contribution < -0.4 is 10.5 Å². The largest absolute Gasteiger partial charge is 0.309 e. The standard InChI is InChI=1S/C7H14N2S/c1-6(2,3)7(8)4-5-10-9-7/h4-5,9H,8H2,1-3H3. The average Bonchev–Trinajstić information content (AvgIpc) is 2.13. The van der Waals surface area contributed by atoms with Gasteiger partial charge in [0.2, 0.25) is 0 Å². The van der Waals surface area contributed by atoms with Crippen LogP contribution >= 0.6 is 11.9 Å². The molecule has 3 heteroatoms. The minimum Gasteiger partial charge on any atom is -0.309 e. The molecule has 1 rings (SSSR count). The molecule has 2 nitrogen and oxygen atoms in total. The quantitative estimate of drug-likeness (QED) is 0.524. The van der Waals surface area contributed by atoms with Gasteiger partial charge >= 0.3 is 0 Å². The summed E-state index contributed by atoms with van der Waals surface area (Å²) in [7, 11) is 0. The van der Waals surface area contributed by atoms with Crippen molar-refractivity contribution in [2.75, 3.05) is 0 Å². The third-order valence-corrected chi connectivity index (χ3v) is 2.60. The second-order valence-corrected chi connectivity index (χ2v) is 4.35. The average molecular weight is 158 g/mol. The Morgan fingerprint density at radius 2 is 2.10 bits per heavy atom. The van der Waals surface area contributed by atoms with E-state index >= 15 is 0 Å². The molecule has 3 N–H and O–H groups in total. The molecule has 1 aliphatic rings. The third kappa shape index (κ3) is 1.21. The van der Waals surface area contributed by atoms with Gasteiger partial charge in [-0.05, 0) is 16.9 Å². The highest BCUT2D eigenvalue weighted by Gasteiger charge is 2.37. The van der Waals surface area contributed by atoms with Gasteiger partial charge in [0.05, 0.1) is 0 Å². The van der Waals surface area contributed by atoms with E-state index in [1.165, 1.54) is 0 Å². The molecule has 0 radical (unpaired) electrons. The summed E-state index contributed by atoms with van der Waals surface area (Å²) in [5.74, 6) is 0. The molecule has 0 saturated carbocycles. The Kier molecular flexibility index (Phi) is 1.83. The Morgan fingerprint density at radius 1 is 1.50 bits per heavy atom. The zero-order valence-corrected chi connectivity index (χ0v) is 7.46. The maximum absolute atomic E-state index is 6.02. The first kappa shape index (κ1) is 8.11. The van der Waals surface area contributed by atoms with E-state index in [-0.39, 0.29) is 11.1 Å². The summed E-state index contributed by atoms with van der Waals surface area (Å²) < 4.78 is 3.16. The Labute approximate surface area is 66.4 Å². The van der Waals surface area contributed by atoms with Gasteiger partial charge in [-0.2, -0.15) is 0 Å². The van der Waals surface area contributed by atoms with Crippen LogP contribution in [-0.4, -0.2) is 5.66 Å². The van der Waals surface area contributed by atoms with Crippen molar-refractivity contribution in [1.29, 1.82) is 0 Å². The second kappa shape index (κ2) is 2.26. The van der Waals surface area contributed by atoms with Gasteiger partial charge in [-0.1, -0.05) is 32.7 Å². The molecule has 1 unspecified atom stereocenters. The fraction of sp³-hybridized carbons (Fsp3) is 0.714. The second-order valence-electron chi connectivity index (χ2n) is 3.64. The first-order valence-electron chi connectivity index (χ1n) is 3.35. The van der Waals surface area contributed by atoms with Crippen LogP contribution in [0.2, 0.25) is 0 Å². The predicted molar refractivity (Wildman–Crippen MR) is 46.2 cm³/mol. The summed E-state index contributed by atoms with van der Waals surface area (Å²) in [5.41, 5.74) is 5.76. The number of hydrogen-bond donors (Lipinski definition) is 2. The van der Waals surface area contributed by atoms with Crippen molar-refractivity contribution in [3.8, 4) is 0 Å². The van der Waals surface area contributed by atoms with Crippen molar-refractivity contribution >= 4 is 11.9 Å². The lowest BCUT2D eigenvalue weighted by molar-refractivity contribution is 0.235. The van der Waals surface area contributed by atoms with Crippen molar-refractivity contribution in [1.82, 2.24) is 4.72 Å². The van der Waals surface area contributed by atoms with Crippen molar-refractivity contribution in [3.05, 3.63) is 11.5 Å². The van der Waals surface area contributed by atoms with Crippen molar-refractivity contribution in [3.63, 3.8) is 0 Å². The van der Waals surface area contributed by atoms with Gasteiger partial charge in [0.25, 0.3) is 0 Å². The van der Waals surface area contributed by atoms with Crippen LogP contribution in [0, 0.1) is 5.41 Å². The first-order chi connectivity index (χ1) is 4.46. The van der Waals surface area contributed by atoms with Crippen LogP contribution in [0.5, 0.6) is 0 Å². The molecule has 0 aromatic heterocycles. The highest BCUT2D eigenvalue weighted by Crippen LogP contribution is 2.32. The summed E-state index contributed by atoms with van der Waals surface area (Å²) >= 11 is 1.55. The Bertz CT molecular complexity index is 159. The van der Waals surface area contributed by atoms with Crippen LogP contribution in [0.3, 0.4) is 0 Å². The van der Waals surface area contributed by atoms with Gasteiger partial charge in [-0.15, -0.1) is 0 Å². The van der Waals surface area contributed by atoms with Gasteiger partial charge < -0.3 is 5.73 Å². The molecule has 1 aliphatic heterocycles. The maximum atomic E-state index is 6.02. The molecule has 1 atom stereocenters. The van der Waals surface area contributed by atoms with Gasteiger partial charge in [0.1, 0.15) is 5.66 Å². The lowest BCUT2D eigenvalue weighted by Gasteiger charge is -2.36. The molecule has 0 spiro atoms. The number of nitrogens with one attached hydrogen (secondary N) is 1. The number of nitrogens with two attached hydrogens (primary N) is 1. The predicted octanol–water partition coefficient (Wildman–Crippen LogP) is 1.45. The van der Waals surface area contributed by atoms with E-state index in [1.54, 1.807) is 11.9 Å². The molecule has 1 heterocycles. The van der Waals surface area contributed by atoms with Crippen LogP contribution in [0.4, 0.5) is 0 Å². The van der Waals surface area contributed by atoms with Crippen molar-refractivity contribution in [2.45, 2.75) is 26.4 Å². The van der Waals surface area contributed by atoms with E-state index in [0.29, 0.717) is 0 Å². The Morgan fingerprint density at radius 3 is 2.30 bits per heavy atom. The summed E-state index contributed by atoms with van der Waals surface area (Å²) in [6.07, 6.45) is 2.01. The molecule has 58 valence electrons. The van der Waals surface area contributed by atoms with Gasteiger partial charge in [0, 0.05) is 0 Å².